The quantitative estimate of drug-likeness (QED) is 0.837. The number of benzene rings is 2. The molecular formula is C15H12FNO3. The molecule has 0 radical (unpaired) electrons. The third-order valence-electron chi connectivity index (χ3n) is 2.79. The normalized spacial score (nSPS) is 10.1. The first-order valence-electron chi connectivity index (χ1n) is 5.88. The maximum Gasteiger partial charge on any atom is 0.335 e. The van der Waals surface area contributed by atoms with Crippen molar-refractivity contribution in [1.29, 1.82) is 0 Å². The first-order chi connectivity index (χ1) is 9.47. The van der Waals surface area contributed by atoms with Crippen LogP contribution in [0.3, 0.4) is 0 Å². The molecule has 0 bridgehead atoms. The van der Waals surface area contributed by atoms with Gasteiger partial charge in [-0.05, 0) is 49.4 Å². The van der Waals surface area contributed by atoms with Crippen LogP contribution in [0.25, 0.3) is 0 Å². The highest BCUT2D eigenvalue weighted by atomic mass is 19.1. The lowest BCUT2D eigenvalue weighted by Crippen LogP contribution is -2.00. The SMILES string of the molecule is CC(=O)c1ccc(Nc2ccc(C(=O)O)cc2F)cc1. The minimum atomic E-state index is -1.18. The molecule has 0 amide bonds. The largest absolute Gasteiger partial charge is 0.478 e. The van der Waals surface area contributed by atoms with Crippen LogP contribution in [0.5, 0.6) is 0 Å². The number of Topliss-reactive ketones (excluding diaryl/α,β-unsaturated/α-hetero) is 1. The number of hydrogen-bond donors (Lipinski definition) is 2. The number of aromatic carboxylic acids is 1. The Bertz CT molecular complexity index is 665. The molecule has 2 N–H and O–H groups in total. The Kier molecular flexibility index (Phi) is 3.79. The topological polar surface area (TPSA) is 66.4 Å². The molecule has 0 aliphatic rings. The van der Waals surface area contributed by atoms with Gasteiger partial charge in [0.05, 0.1) is 11.3 Å². The number of ketones is 1. The molecule has 2 aromatic rings. The van der Waals surface area contributed by atoms with E-state index in [4.69, 9.17) is 5.11 Å². The Labute approximate surface area is 114 Å². The van der Waals surface area contributed by atoms with Gasteiger partial charge >= 0.3 is 5.97 Å². The molecule has 0 saturated heterocycles. The predicted octanol–water partition coefficient (Wildman–Crippen LogP) is 3.47. The van der Waals surface area contributed by atoms with Gasteiger partial charge in [0.1, 0.15) is 5.82 Å². The molecule has 102 valence electrons. The van der Waals surface area contributed by atoms with Crippen molar-refractivity contribution in [3.8, 4) is 0 Å². The first-order valence-corrected chi connectivity index (χ1v) is 5.88. The fourth-order valence-electron chi connectivity index (χ4n) is 1.69. The maximum absolute atomic E-state index is 13.7. The average Bonchev–Trinajstić information content (AvgIpc) is 2.41. The molecule has 0 spiro atoms. The van der Waals surface area contributed by atoms with Crippen LogP contribution in [-0.4, -0.2) is 16.9 Å². The Morgan fingerprint density at radius 2 is 1.65 bits per heavy atom. The fourth-order valence-corrected chi connectivity index (χ4v) is 1.69. The smallest absolute Gasteiger partial charge is 0.335 e. The number of carboxylic acids is 1. The summed E-state index contributed by atoms with van der Waals surface area (Å²) in [6, 6.07) is 10.2. The lowest BCUT2D eigenvalue weighted by Gasteiger charge is -2.08. The molecule has 5 heteroatoms. The molecule has 20 heavy (non-hydrogen) atoms. The number of carbonyl (C=O) groups excluding carboxylic acids is 1. The number of nitrogens with one attached hydrogen (secondary N) is 1. The van der Waals surface area contributed by atoms with E-state index in [-0.39, 0.29) is 17.0 Å². The summed E-state index contributed by atoms with van der Waals surface area (Å²) >= 11 is 0. The molecule has 0 atom stereocenters. The zero-order valence-corrected chi connectivity index (χ0v) is 10.7. The van der Waals surface area contributed by atoms with Crippen LogP contribution >= 0.6 is 0 Å². The Morgan fingerprint density at radius 1 is 1.05 bits per heavy atom. The van der Waals surface area contributed by atoms with Crippen molar-refractivity contribution < 1.29 is 19.1 Å². The number of carboxylic acid groups (broad SMARTS) is 1. The summed E-state index contributed by atoms with van der Waals surface area (Å²) in [5.74, 6) is -1.88. The number of rotatable bonds is 4. The van der Waals surface area contributed by atoms with Crippen LogP contribution in [0, 0.1) is 5.82 Å². The minimum absolute atomic E-state index is 0.0476. The van der Waals surface area contributed by atoms with Crippen molar-refractivity contribution in [2.45, 2.75) is 6.92 Å². The van der Waals surface area contributed by atoms with Gasteiger partial charge in [0.2, 0.25) is 0 Å². The summed E-state index contributed by atoms with van der Waals surface area (Å²) in [5.41, 5.74) is 1.24. The molecule has 0 aliphatic carbocycles. The van der Waals surface area contributed by atoms with E-state index in [1.165, 1.54) is 19.1 Å². The molecule has 0 saturated carbocycles. The zero-order chi connectivity index (χ0) is 14.7. The Balaban J connectivity index is 2.21. The summed E-state index contributed by atoms with van der Waals surface area (Å²) in [6.07, 6.45) is 0. The van der Waals surface area contributed by atoms with Gasteiger partial charge in [-0.2, -0.15) is 0 Å². The highest BCUT2D eigenvalue weighted by Crippen LogP contribution is 2.21. The monoisotopic (exact) mass is 273 g/mol. The second kappa shape index (κ2) is 5.52. The van der Waals surface area contributed by atoms with Crippen LogP contribution in [-0.2, 0) is 0 Å². The standard InChI is InChI=1S/C15H12FNO3/c1-9(18)10-2-5-12(6-3-10)17-14-7-4-11(15(19)20)8-13(14)16/h2-8,17H,1H3,(H,19,20). The highest BCUT2D eigenvalue weighted by Gasteiger charge is 2.08. The van der Waals surface area contributed by atoms with E-state index in [9.17, 15) is 14.0 Å². The minimum Gasteiger partial charge on any atom is -0.478 e. The van der Waals surface area contributed by atoms with Gasteiger partial charge in [-0.15, -0.1) is 0 Å². The van der Waals surface area contributed by atoms with E-state index in [0.717, 1.165) is 6.07 Å². The van der Waals surface area contributed by atoms with E-state index in [2.05, 4.69) is 5.32 Å². The Morgan fingerprint density at radius 3 is 2.15 bits per heavy atom. The van der Waals surface area contributed by atoms with E-state index in [0.29, 0.717) is 11.3 Å². The van der Waals surface area contributed by atoms with Gasteiger partial charge in [0, 0.05) is 11.3 Å². The molecule has 4 nitrogen and oxygen atoms in total. The van der Waals surface area contributed by atoms with Crippen LogP contribution < -0.4 is 5.32 Å². The lowest BCUT2D eigenvalue weighted by atomic mass is 10.1. The zero-order valence-electron chi connectivity index (χ0n) is 10.7. The highest BCUT2D eigenvalue weighted by molar-refractivity contribution is 5.94. The van der Waals surface area contributed by atoms with Crippen molar-refractivity contribution in [3.05, 3.63) is 59.4 Å². The number of carbonyl (C=O) groups is 2. The fraction of sp³-hybridized carbons (Fsp3) is 0.0667. The summed E-state index contributed by atoms with van der Waals surface area (Å²) in [7, 11) is 0. The second-order valence-corrected chi connectivity index (χ2v) is 4.26. The molecule has 2 rings (SSSR count). The number of hydrogen-bond acceptors (Lipinski definition) is 3. The van der Waals surface area contributed by atoms with Gasteiger partial charge in [0.25, 0.3) is 0 Å². The van der Waals surface area contributed by atoms with E-state index < -0.39 is 11.8 Å². The van der Waals surface area contributed by atoms with Gasteiger partial charge in [-0.3, -0.25) is 4.79 Å². The van der Waals surface area contributed by atoms with E-state index in [1.807, 2.05) is 0 Å². The molecule has 0 fully saturated rings. The molecule has 0 aromatic heterocycles. The van der Waals surface area contributed by atoms with Crippen LogP contribution in [0.2, 0.25) is 0 Å². The molecule has 0 unspecified atom stereocenters. The van der Waals surface area contributed by atoms with Gasteiger partial charge in [-0.25, -0.2) is 9.18 Å². The van der Waals surface area contributed by atoms with E-state index in [1.54, 1.807) is 24.3 Å². The second-order valence-electron chi connectivity index (χ2n) is 4.26. The predicted molar refractivity (Wildman–Crippen MR) is 73.1 cm³/mol. The van der Waals surface area contributed by atoms with Gasteiger partial charge in [-0.1, -0.05) is 0 Å². The van der Waals surface area contributed by atoms with Crippen molar-refractivity contribution in [2.75, 3.05) is 5.32 Å². The van der Waals surface area contributed by atoms with Crippen molar-refractivity contribution in [3.63, 3.8) is 0 Å². The Hall–Kier alpha value is -2.69. The summed E-state index contributed by atoms with van der Waals surface area (Å²) in [4.78, 5) is 21.8. The van der Waals surface area contributed by atoms with Crippen molar-refractivity contribution in [2.24, 2.45) is 0 Å². The van der Waals surface area contributed by atoms with Gasteiger partial charge < -0.3 is 10.4 Å². The van der Waals surface area contributed by atoms with E-state index >= 15 is 0 Å². The third kappa shape index (κ3) is 3.00. The number of anilines is 2. The molecule has 0 aliphatic heterocycles. The van der Waals surface area contributed by atoms with Crippen LogP contribution in [0.4, 0.5) is 15.8 Å². The maximum atomic E-state index is 13.7. The molecule has 0 heterocycles. The van der Waals surface area contributed by atoms with Crippen molar-refractivity contribution >= 4 is 23.1 Å². The molecular weight excluding hydrogens is 261 g/mol. The average molecular weight is 273 g/mol. The first kappa shape index (κ1) is 13.7. The van der Waals surface area contributed by atoms with Gasteiger partial charge in [0.15, 0.2) is 5.78 Å². The molecule has 2 aromatic carbocycles. The number of halogens is 1. The summed E-state index contributed by atoms with van der Waals surface area (Å²) < 4.78 is 13.7. The summed E-state index contributed by atoms with van der Waals surface area (Å²) in [6.45, 7) is 1.47. The van der Waals surface area contributed by atoms with Crippen LogP contribution in [0.15, 0.2) is 42.5 Å². The lowest BCUT2D eigenvalue weighted by molar-refractivity contribution is 0.0696. The van der Waals surface area contributed by atoms with Crippen molar-refractivity contribution in [1.82, 2.24) is 0 Å². The van der Waals surface area contributed by atoms with Crippen LogP contribution in [0.1, 0.15) is 27.6 Å². The summed E-state index contributed by atoms with van der Waals surface area (Å²) in [5, 5.41) is 11.6. The third-order valence-corrected chi connectivity index (χ3v) is 2.79.